The Morgan fingerprint density at radius 1 is 1.26 bits per heavy atom. The van der Waals surface area contributed by atoms with Gasteiger partial charge in [0.05, 0.1) is 22.8 Å². The monoisotopic (exact) mass is 513 g/mol. The van der Waals surface area contributed by atoms with Crippen LogP contribution in [0, 0.1) is 0 Å². The van der Waals surface area contributed by atoms with E-state index < -0.39 is 28.7 Å². The van der Waals surface area contributed by atoms with Crippen LogP contribution in [0.25, 0.3) is 0 Å². The van der Waals surface area contributed by atoms with E-state index >= 15 is 0 Å². The van der Waals surface area contributed by atoms with Gasteiger partial charge in [-0.05, 0) is 39.3 Å². The van der Waals surface area contributed by atoms with Gasteiger partial charge in [-0.15, -0.1) is 11.3 Å². The normalized spacial score (nSPS) is 13.8. The summed E-state index contributed by atoms with van der Waals surface area (Å²) in [5.41, 5.74) is 0.00962. The molecule has 0 saturated carbocycles. The number of thiazole rings is 1. The Morgan fingerprint density at radius 3 is 2.62 bits per heavy atom. The van der Waals surface area contributed by atoms with Crippen molar-refractivity contribution in [1.29, 1.82) is 0 Å². The Kier molecular flexibility index (Phi) is 9.51. The second kappa shape index (κ2) is 11.9. The van der Waals surface area contributed by atoms with Gasteiger partial charge in [0.2, 0.25) is 5.91 Å². The van der Waals surface area contributed by atoms with Crippen molar-refractivity contribution in [3.05, 3.63) is 62.9 Å². The second-order valence-corrected chi connectivity index (χ2v) is 8.62. The topological polar surface area (TPSA) is 96.3 Å². The highest BCUT2D eigenvalue weighted by molar-refractivity contribution is 7.13. The Labute approximate surface area is 203 Å². The zero-order valence-electron chi connectivity index (χ0n) is 18.8. The summed E-state index contributed by atoms with van der Waals surface area (Å²) in [7, 11) is 0. The molecular formula is C22H23ClF3N5O2S. The van der Waals surface area contributed by atoms with E-state index in [1.807, 2.05) is 13.0 Å². The highest BCUT2D eigenvalue weighted by atomic mass is 35.5. The van der Waals surface area contributed by atoms with Crippen LogP contribution >= 0.6 is 22.9 Å². The summed E-state index contributed by atoms with van der Waals surface area (Å²) in [5, 5.41) is 4.96. The summed E-state index contributed by atoms with van der Waals surface area (Å²) in [5.74, 6) is -1.31. The molecule has 2 heterocycles. The maximum atomic E-state index is 13.0. The highest BCUT2D eigenvalue weighted by Crippen LogP contribution is 2.35. The molecule has 0 aliphatic carbocycles. The average molecular weight is 514 g/mol. The minimum absolute atomic E-state index is 0.138. The lowest BCUT2D eigenvalue weighted by Gasteiger charge is -2.11. The molecule has 2 amide bonds. The molecule has 7 nitrogen and oxygen atoms in total. The number of nitrogens with zero attached hydrogens (tertiary/aromatic N) is 3. The third-order valence-electron chi connectivity index (χ3n) is 4.27. The minimum atomic E-state index is -4.69. The number of nitrogens with one attached hydrogen (secondary N) is 2. The summed E-state index contributed by atoms with van der Waals surface area (Å²) in [4.78, 5) is 37.1. The largest absolute Gasteiger partial charge is 0.418 e. The van der Waals surface area contributed by atoms with Gasteiger partial charge in [-0.1, -0.05) is 24.6 Å². The number of amides is 2. The predicted molar refractivity (Wildman–Crippen MR) is 127 cm³/mol. The van der Waals surface area contributed by atoms with Crippen LogP contribution < -0.4 is 10.6 Å². The SMILES string of the molecule is CC/C=C/N=C(C)/C=C(\C)C(=O)NC(C)c1ncc(C(=O)Nc2cc(C(F)(F)F)c(Cl)cn2)s1. The number of anilines is 1. The van der Waals surface area contributed by atoms with Gasteiger partial charge in [0.25, 0.3) is 5.91 Å². The average Bonchev–Trinajstić information content (AvgIpc) is 3.25. The molecule has 2 aromatic heterocycles. The molecule has 1 atom stereocenters. The lowest BCUT2D eigenvalue weighted by atomic mass is 10.2. The minimum Gasteiger partial charge on any atom is -0.343 e. The standard InChI is InChI=1S/C22H23ClF3N5O2S/c1-5-6-7-27-13(3)8-12(2)19(32)30-14(4)21-29-11-17(34-21)20(33)31-18-9-15(22(24,25)26)16(23)10-28-18/h6-11,14H,5H2,1-4H3,(H,30,32)(H,28,31,33)/b7-6+,12-8+,27-13+. The maximum absolute atomic E-state index is 13.0. The van der Waals surface area contributed by atoms with Gasteiger partial charge in [-0.25, -0.2) is 9.97 Å². The van der Waals surface area contributed by atoms with E-state index in [-0.39, 0.29) is 16.6 Å². The Bertz CT molecular complexity index is 1140. The molecule has 0 aliphatic rings. The molecule has 0 aromatic carbocycles. The maximum Gasteiger partial charge on any atom is 0.418 e. The van der Waals surface area contributed by atoms with Crippen molar-refractivity contribution in [2.24, 2.45) is 4.99 Å². The summed E-state index contributed by atoms with van der Waals surface area (Å²) in [6.07, 6.45) is 3.48. The van der Waals surface area contributed by atoms with Gasteiger partial charge in [-0.2, -0.15) is 13.2 Å². The number of carbonyl (C=O) groups excluding carboxylic acids is 2. The zero-order valence-corrected chi connectivity index (χ0v) is 20.4. The molecule has 34 heavy (non-hydrogen) atoms. The van der Waals surface area contributed by atoms with Crippen LogP contribution in [-0.2, 0) is 11.0 Å². The third-order valence-corrected chi connectivity index (χ3v) is 5.75. The number of hydrogen-bond donors (Lipinski definition) is 2. The van der Waals surface area contributed by atoms with Crippen LogP contribution in [0.5, 0.6) is 0 Å². The number of aliphatic imine (C=N–C) groups is 1. The first-order valence-corrected chi connectivity index (χ1v) is 11.3. The van der Waals surface area contributed by atoms with E-state index in [2.05, 4.69) is 25.6 Å². The molecule has 12 heteroatoms. The smallest absolute Gasteiger partial charge is 0.343 e. The van der Waals surface area contributed by atoms with E-state index in [0.717, 1.165) is 24.0 Å². The van der Waals surface area contributed by atoms with E-state index in [0.29, 0.717) is 22.4 Å². The number of pyridine rings is 1. The molecule has 2 N–H and O–H groups in total. The van der Waals surface area contributed by atoms with E-state index in [9.17, 15) is 22.8 Å². The lowest BCUT2D eigenvalue weighted by Crippen LogP contribution is -2.27. The van der Waals surface area contributed by atoms with Crippen LogP contribution in [0.4, 0.5) is 19.0 Å². The van der Waals surface area contributed by atoms with E-state index in [1.165, 1.54) is 6.20 Å². The number of allylic oxidation sites excluding steroid dienone is 2. The first kappa shape index (κ1) is 27.2. The van der Waals surface area contributed by atoms with Crippen molar-refractivity contribution in [2.75, 3.05) is 5.32 Å². The van der Waals surface area contributed by atoms with Gasteiger partial charge in [0, 0.05) is 23.7 Å². The van der Waals surface area contributed by atoms with Crippen molar-refractivity contribution in [2.45, 2.75) is 46.3 Å². The fourth-order valence-electron chi connectivity index (χ4n) is 2.56. The Balaban J connectivity index is 2.05. The first-order chi connectivity index (χ1) is 15.9. The summed E-state index contributed by atoms with van der Waals surface area (Å²) < 4.78 is 39.0. The molecular weight excluding hydrogens is 491 g/mol. The Hall–Kier alpha value is -3.05. The van der Waals surface area contributed by atoms with Crippen molar-refractivity contribution >= 4 is 46.3 Å². The third kappa shape index (κ3) is 7.77. The van der Waals surface area contributed by atoms with Gasteiger partial charge < -0.3 is 10.6 Å². The second-order valence-electron chi connectivity index (χ2n) is 7.15. The van der Waals surface area contributed by atoms with Gasteiger partial charge >= 0.3 is 6.18 Å². The number of hydrogen-bond acceptors (Lipinski definition) is 6. The van der Waals surface area contributed by atoms with Gasteiger partial charge in [0.15, 0.2) is 0 Å². The number of alkyl halides is 3. The van der Waals surface area contributed by atoms with E-state index in [1.54, 1.807) is 33.0 Å². The number of rotatable bonds is 8. The molecule has 0 bridgehead atoms. The summed E-state index contributed by atoms with van der Waals surface area (Å²) in [6, 6.07) is 0.147. The molecule has 0 saturated heterocycles. The van der Waals surface area contributed by atoms with Crippen molar-refractivity contribution in [3.8, 4) is 0 Å². The van der Waals surface area contributed by atoms with Gasteiger partial charge in [-0.3, -0.25) is 14.6 Å². The number of halogens is 4. The van der Waals surface area contributed by atoms with Crippen LogP contribution in [0.3, 0.4) is 0 Å². The lowest BCUT2D eigenvalue weighted by molar-refractivity contribution is -0.137. The van der Waals surface area contributed by atoms with Gasteiger partial charge in [0.1, 0.15) is 15.7 Å². The van der Waals surface area contributed by atoms with Crippen LogP contribution in [0.1, 0.15) is 60.4 Å². The molecule has 0 fully saturated rings. The van der Waals surface area contributed by atoms with Crippen LogP contribution in [0.2, 0.25) is 5.02 Å². The molecule has 2 aromatic rings. The summed E-state index contributed by atoms with van der Waals surface area (Å²) >= 11 is 6.54. The van der Waals surface area contributed by atoms with E-state index in [4.69, 9.17) is 11.6 Å². The first-order valence-electron chi connectivity index (χ1n) is 10.1. The molecule has 1 unspecified atom stereocenters. The van der Waals surface area contributed by atoms with Crippen LogP contribution in [-0.4, -0.2) is 27.5 Å². The number of carbonyl (C=O) groups is 2. The number of aromatic nitrogens is 2. The highest BCUT2D eigenvalue weighted by Gasteiger charge is 2.34. The predicted octanol–water partition coefficient (Wildman–Crippen LogP) is 5.97. The van der Waals surface area contributed by atoms with Crippen molar-refractivity contribution < 1.29 is 22.8 Å². The molecule has 0 spiro atoms. The zero-order chi connectivity index (χ0) is 25.5. The molecule has 182 valence electrons. The molecule has 0 aliphatic heterocycles. The Morgan fingerprint density at radius 2 is 1.97 bits per heavy atom. The van der Waals surface area contributed by atoms with Crippen molar-refractivity contribution in [3.63, 3.8) is 0 Å². The quantitative estimate of drug-likeness (QED) is 0.335. The fourth-order valence-corrected chi connectivity index (χ4v) is 3.59. The fraction of sp³-hybridized carbons (Fsp3) is 0.318. The molecule has 0 radical (unpaired) electrons. The van der Waals surface area contributed by atoms with Crippen LogP contribution in [0.15, 0.2) is 47.4 Å². The molecule has 2 rings (SSSR count). The summed E-state index contributed by atoms with van der Waals surface area (Å²) in [6.45, 7) is 7.12. The van der Waals surface area contributed by atoms with Crippen molar-refractivity contribution in [1.82, 2.24) is 15.3 Å².